The summed E-state index contributed by atoms with van der Waals surface area (Å²) < 4.78 is 64.0. The number of ether oxygens (including phenoxy) is 3. The molecule has 1 amide bonds. The summed E-state index contributed by atoms with van der Waals surface area (Å²) >= 11 is 0. The van der Waals surface area contributed by atoms with Crippen LogP contribution in [0.1, 0.15) is 62.0 Å². The number of nitrogen functional groups attached to an aromatic ring is 1. The van der Waals surface area contributed by atoms with Crippen molar-refractivity contribution >= 4 is 28.8 Å². The number of nitriles is 1. The Balaban J connectivity index is 0.000000365. The van der Waals surface area contributed by atoms with Crippen LogP contribution in [0.15, 0.2) is 22.6 Å². The van der Waals surface area contributed by atoms with E-state index in [2.05, 4.69) is 29.7 Å². The first kappa shape index (κ1) is 40.2. The van der Waals surface area contributed by atoms with Crippen molar-refractivity contribution in [3.63, 3.8) is 0 Å². The first-order valence-electron chi connectivity index (χ1n) is 18.9. The topological polar surface area (TPSA) is 159 Å². The van der Waals surface area contributed by atoms with Gasteiger partial charge in [0.25, 0.3) is 6.01 Å². The average molecular weight is 770 g/mol. The fraction of sp³-hybridized carbons (Fsp3) is 0.605. The summed E-state index contributed by atoms with van der Waals surface area (Å²) in [6, 6.07) is 3.01. The van der Waals surface area contributed by atoms with Gasteiger partial charge in [-0.2, -0.15) is 20.2 Å². The van der Waals surface area contributed by atoms with Crippen molar-refractivity contribution < 1.29 is 36.6 Å². The van der Waals surface area contributed by atoms with Gasteiger partial charge in [-0.3, -0.25) is 14.6 Å². The minimum Gasteiger partial charge on any atom is -0.467 e. The van der Waals surface area contributed by atoms with E-state index in [4.69, 9.17) is 29.6 Å². The number of hydrogen-bond donors (Lipinski definition) is 1. The lowest BCUT2D eigenvalue weighted by Gasteiger charge is -2.37. The summed E-state index contributed by atoms with van der Waals surface area (Å²) in [5, 5.41) is 7.32. The van der Waals surface area contributed by atoms with E-state index in [1.807, 2.05) is 11.0 Å². The van der Waals surface area contributed by atoms with Crippen LogP contribution in [0, 0.1) is 23.0 Å². The van der Waals surface area contributed by atoms with Crippen LogP contribution in [-0.4, -0.2) is 127 Å². The molecule has 5 aliphatic heterocycles. The Kier molecular flexibility index (Phi) is 13.5. The second-order valence-corrected chi connectivity index (χ2v) is 14.2. The van der Waals surface area contributed by atoms with Crippen molar-refractivity contribution in [3.05, 3.63) is 46.7 Å². The molecule has 298 valence electrons. The van der Waals surface area contributed by atoms with Crippen LogP contribution in [0.25, 0.3) is 11.1 Å². The number of oxazole rings is 1. The highest BCUT2D eigenvalue weighted by molar-refractivity contribution is 5.87. The summed E-state index contributed by atoms with van der Waals surface area (Å²) in [7, 11) is 3.23. The van der Waals surface area contributed by atoms with Crippen LogP contribution < -0.4 is 15.4 Å². The monoisotopic (exact) mass is 769 g/mol. The third-order valence-corrected chi connectivity index (χ3v) is 10.8. The maximum absolute atomic E-state index is 15.0. The van der Waals surface area contributed by atoms with E-state index in [1.165, 1.54) is 26.9 Å². The molecule has 1 aromatic carbocycles. The molecule has 0 spiro atoms. The quantitative estimate of drug-likeness (QED) is 0.339. The van der Waals surface area contributed by atoms with Crippen molar-refractivity contribution in [3.8, 4) is 12.1 Å². The molecule has 5 aliphatic rings. The molecular weight excluding hydrogens is 719 g/mol. The zero-order valence-corrected chi connectivity index (χ0v) is 31.7. The normalized spacial score (nSPS) is 23.1. The van der Waals surface area contributed by atoms with Gasteiger partial charge in [-0.15, -0.1) is 0 Å². The molecule has 0 aliphatic carbocycles. The number of aromatic nitrogens is 3. The molecule has 55 heavy (non-hydrogen) atoms. The standard InChI is InChI=1S/C29H35F2N7O5.C7H12FN.C2H3N/c1-40-17-5-8-36(9-6-17)7-3-4-23(39)37-10-12-38(13-11-37)27-18-16-42-22(15-21(18)33-29(35-27)41-2)24-19(30)14-20(31)26-25(24)34-28(32)43-26;8-6-4-7-2-1-3-9(7)5-6;1-2-3/h3-4,14,17,22H,5-13,15-16H2,1-2H3,(H2,32,34);6-7H,1-5H2;1H3/b4-3+;;. The van der Waals surface area contributed by atoms with E-state index in [1.54, 1.807) is 19.3 Å². The number of carbonyl (C=O) groups is 1. The lowest BCUT2D eigenvalue weighted by atomic mass is 9.97. The Hall–Kier alpha value is -4.50. The highest BCUT2D eigenvalue weighted by Gasteiger charge is 2.35. The molecule has 3 atom stereocenters. The molecule has 0 bridgehead atoms. The number of anilines is 2. The number of nitrogens with zero attached hydrogens (tertiary/aromatic N) is 8. The van der Waals surface area contributed by atoms with Crippen molar-refractivity contribution in [1.29, 1.82) is 5.26 Å². The van der Waals surface area contributed by atoms with Gasteiger partial charge in [0.05, 0.1) is 37.7 Å². The molecule has 3 aromatic rings. The van der Waals surface area contributed by atoms with Gasteiger partial charge in [-0.05, 0) is 38.6 Å². The number of benzene rings is 1. The Bertz CT molecular complexity index is 1850. The van der Waals surface area contributed by atoms with Gasteiger partial charge in [0.2, 0.25) is 5.91 Å². The number of halogens is 3. The fourth-order valence-corrected chi connectivity index (χ4v) is 8.02. The summed E-state index contributed by atoms with van der Waals surface area (Å²) in [5.74, 6) is -1.06. The number of alkyl halides is 1. The fourth-order valence-electron chi connectivity index (χ4n) is 8.02. The van der Waals surface area contributed by atoms with Gasteiger partial charge in [0.15, 0.2) is 11.4 Å². The molecule has 4 saturated heterocycles. The lowest BCUT2D eigenvalue weighted by Crippen LogP contribution is -2.49. The molecule has 3 unspecified atom stereocenters. The maximum Gasteiger partial charge on any atom is 0.318 e. The zero-order valence-electron chi connectivity index (χ0n) is 31.7. The van der Waals surface area contributed by atoms with Crippen LogP contribution >= 0.6 is 0 Å². The molecule has 0 radical (unpaired) electrons. The number of methoxy groups -OCH3 is 2. The molecule has 2 aromatic heterocycles. The molecular formula is C38H50F3N9O5. The molecule has 7 heterocycles. The molecule has 8 rings (SSSR count). The van der Waals surface area contributed by atoms with Crippen LogP contribution in [0.5, 0.6) is 6.01 Å². The minimum absolute atomic E-state index is 0.0129. The number of hydrogen-bond acceptors (Lipinski definition) is 13. The number of amides is 1. The number of piperazine rings is 1. The predicted molar refractivity (Wildman–Crippen MR) is 198 cm³/mol. The van der Waals surface area contributed by atoms with Crippen molar-refractivity contribution in [2.24, 2.45) is 0 Å². The molecule has 0 saturated carbocycles. The first-order chi connectivity index (χ1) is 26.6. The van der Waals surface area contributed by atoms with Crippen molar-refractivity contribution in [1.82, 2.24) is 29.7 Å². The molecule has 14 nitrogen and oxygen atoms in total. The SMILES string of the molecule is CC#N.COc1nc2c(c(N3CCN(C(=O)/C=C/CN4CCC(OC)CC4)CC3)n1)COC(c1c(F)cc(F)c3oc(N)nc13)C2.FC1CC2CCCN2C1. The van der Waals surface area contributed by atoms with Crippen LogP contribution in [-0.2, 0) is 27.3 Å². The van der Waals surface area contributed by atoms with E-state index in [0.29, 0.717) is 56.4 Å². The number of likely N-dealkylation sites (tertiary alicyclic amines) is 1. The van der Waals surface area contributed by atoms with Gasteiger partial charge >= 0.3 is 6.01 Å². The summed E-state index contributed by atoms with van der Waals surface area (Å²) in [6.45, 7) is 8.23. The van der Waals surface area contributed by atoms with E-state index in [9.17, 15) is 13.6 Å². The first-order valence-corrected chi connectivity index (χ1v) is 18.9. The summed E-state index contributed by atoms with van der Waals surface area (Å²) in [4.78, 5) is 34.5. The third kappa shape index (κ3) is 9.49. The molecule has 2 N–H and O–H groups in total. The third-order valence-electron chi connectivity index (χ3n) is 10.8. The Labute approximate surface area is 319 Å². The smallest absolute Gasteiger partial charge is 0.318 e. The zero-order chi connectivity index (χ0) is 39.1. The van der Waals surface area contributed by atoms with E-state index in [0.717, 1.165) is 57.1 Å². The van der Waals surface area contributed by atoms with Gasteiger partial charge in [-0.25, -0.2) is 13.2 Å². The van der Waals surface area contributed by atoms with Crippen LogP contribution in [0.4, 0.5) is 25.0 Å². The van der Waals surface area contributed by atoms with Crippen molar-refractivity contribution in [2.45, 2.75) is 76.5 Å². The number of fused-ring (bicyclic) bond motifs is 3. The number of carbonyl (C=O) groups excluding carboxylic acids is 1. The number of piperidine rings is 1. The largest absolute Gasteiger partial charge is 0.467 e. The number of rotatable bonds is 7. The van der Waals surface area contributed by atoms with Gasteiger partial charge in [-0.1, -0.05) is 6.08 Å². The Morgan fingerprint density at radius 1 is 1.07 bits per heavy atom. The van der Waals surface area contributed by atoms with Crippen molar-refractivity contribution in [2.75, 3.05) is 83.8 Å². The van der Waals surface area contributed by atoms with Gasteiger partial charge in [0, 0.05) is 102 Å². The lowest BCUT2D eigenvalue weighted by molar-refractivity contribution is -0.126. The minimum atomic E-state index is -0.890. The highest BCUT2D eigenvalue weighted by atomic mass is 19.1. The van der Waals surface area contributed by atoms with Crippen LogP contribution in [0.2, 0.25) is 0 Å². The van der Waals surface area contributed by atoms with Gasteiger partial charge in [0.1, 0.15) is 23.3 Å². The Morgan fingerprint density at radius 3 is 2.51 bits per heavy atom. The summed E-state index contributed by atoms with van der Waals surface area (Å²) in [5.41, 5.74) is 6.83. The van der Waals surface area contributed by atoms with E-state index in [-0.39, 0.29) is 47.6 Å². The highest BCUT2D eigenvalue weighted by Crippen LogP contribution is 2.39. The average Bonchev–Trinajstić information content (AvgIpc) is 3.90. The van der Waals surface area contributed by atoms with E-state index < -0.39 is 23.9 Å². The molecule has 4 fully saturated rings. The van der Waals surface area contributed by atoms with Crippen LogP contribution in [0.3, 0.4) is 0 Å². The molecule has 17 heteroatoms. The summed E-state index contributed by atoms with van der Waals surface area (Å²) in [6.07, 6.45) is 8.13. The Morgan fingerprint density at radius 2 is 1.82 bits per heavy atom. The predicted octanol–water partition coefficient (Wildman–Crippen LogP) is 4.34. The number of nitrogens with two attached hydrogens (primary N) is 1. The maximum atomic E-state index is 15.0. The van der Waals surface area contributed by atoms with E-state index >= 15 is 4.39 Å². The van der Waals surface area contributed by atoms with Gasteiger partial charge < -0.3 is 34.2 Å². The second-order valence-electron chi connectivity index (χ2n) is 14.2. The second kappa shape index (κ2) is 18.4.